The number of carbonyl (C=O) groups is 1. The highest BCUT2D eigenvalue weighted by molar-refractivity contribution is 5.81. The number of carbonyl (C=O) groups excluding carboxylic acids is 1. The molecule has 1 fully saturated rings. The van der Waals surface area contributed by atoms with Gasteiger partial charge in [-0.3, -0.25) is 4.79 Å². The smallest absolute Gasteiger partial charge is 0.250 e. The molecule has 0 aromatic rings. The molecule has 0 aliphatic carbocycles. The molecule has 1 atom stereocenters. The van der Waals surface area contributed by atoms with Crippen LogP contribution in [0.3, 0.4) is 0 Å². The number of rotatable bonds is 5. The lowest BCUT2D eigenvalue weighted by Crippen LogP contribution is -2.49. The predicted molar refractivity (Wildman–Crippen MR) is 53.4 cm³/mol. The second-order valence-electron chi connectivity index (χ2n) is 3.21. The van der Waals surface area contributed by atoms with Gasteiger partial charge in [0.15, 0.2) is 6.29 Å². The highest BCUT2D eigenvalue weighted by Gasteiger charge is 2.22. The van der Waals surface area contributed by atoms with E-state index in [1.165, 1.54) is 14.2 Å². The summed E-state index contributed by atoms with van der Waals surface area (Å²) in [5.41, 5.74) is 0. The zero-order valence-electron chi connectivity index (χ0n) is 9.12. The lowest BCUT2D eigenvalue weighted by molar-refractivity contribution is -0.139. The Balaban J connectivity index is 2.22. The number of hydrogen-bond donors (Lipinski definition) is 2. The molecule has 88 valence electrons. The van der Waals surface area contributed by atoms with Gasteiger partial charge in [-0.2, -0.15) is 0 Å². The van der Waals surface area contributed by atoms with Gasteiger partial charge in [-0.25, -0.2) is 0 Å². The standard InChI is InChI=1S/C9H18N2O4/c1-13-8(14-2)6-11-9(12)7-5-10-3-4-15-7/h7-8,10H,3-6H2,1-2H3,(H,11,12). The van der Waals surface area contributed by atoms with Crippen LogP contribution in [0.4, 0.5) is 0 Å². The molecule has 1 amide bonds. The number of nitrogens with one attached hydrogen (secondary N) is 2. The maximum Gasteiger partial charge on any atom is 0.250 e. The second kappa shape index (κ2) is 6.73. The average molecular weight is 218 g/mol. The Kier molecular flexibility index (Phi) is 5.56. The van der Waals surface area contributed by atoms with Crippen molar-refractivity contribution in [3.8, 4) is 0 Å². The minimum atomic E-state index is -0.412. The first kappa shape index (κ1) is 12.4. The summed E-state index contributed by atoms with van der Waals surface area (Å²) in [6.07, 6.45) is -0.821. The van der Waals surface area contributed by atoms with Crippen LogP contribution in [-0.2, 0) is 19.0 Å². The molecular weight excluding hydrogens is 200 g/mol. The maximum absolute atomic E-state index is 11.5. The van der Waals surface area contributed by atoms with Crippen molar-refractivity contribution >= 4 is 5.91 Å². The van der Waals surface area contributed by atoms with Crippen LogP contribution in [0.15, 0.2) is 0 Å². The van der Waals surface area contributed by atoms with Gasteiger partial charge >= 0.3 is 0 Å². The Morgan fingerprint density at radius 1 is 1.60 bits per heavy atom. The molecule has 0 spiro atoms. The van der Waals surface area contributed by atoms with E-state index in [9.17, 15) is 4.79 Å². The van der Waals surface area contributed by atoms with Gasteiger partial charge in [-0.1, -0.05) is 0 Å². The third kappa shape index (κ3) is 4.13. The van der Waals surface area contributed by atoms with E-state index in [1.54, 1.807) is 0 Å². The molecule has 0 aromatic carbocycles. The van der Waals surface area contributed by atoms with E-state index < -0.39 is 12.4 Å². The number of amides is 1. The molecule has 0 radical (unpaired) electrons. The van der Waals surface area contributed by atoms with Crippen molar-refractivity contribution in [3.63, 3.8) is 0 Å². The molecule has 6 nitrogen and oxygen atoms in total. The summed E-state index contributed by atoms with van der Waals surface area (Å²) in [6.45, 7) is 2.24. The van der Waals surface area contributed by atoms with Gasteiger partial charge in [0.1, 0.15) is 6.10 Å². The van der Waals surface area contributed by atoms with Gasteiger partial charge in [-0.05, 0) is 0 Å². The molecule has 1 aliphatic heterocycles. The minimum absolute atomic E-state index is 0.138. The highest BCUT2D eigenvalue weighted by Crippen LogP contribution is 1.96. The van der Waals surface area contributed by atoms with E-state index in [0.717, 1.165) is 6.54 Å². The van der Waals surface area contributed by atoms with Crippen molar-refractivity contribution < 1.29 is 19.0 Å². The first-order chi connectivity index (χ1) is 7.27. The van der Waals surface area contributed by atoms with Crippen molar-refractivity contribution in [1.82, 2.24) is 10.6 Å². The summed E-state index contributed by atoms with van der Waals surface area (Å²) < 4.78 is 15.2. The Labute approximate surface area is 89.3 Å². The minimum Gasteiger partial charge on any atom is -0.366 e. The van der Waals surface area contributed by atoms with Crippen LogP contribution in [0.25, 0.3) is 0 Å². The van der Waals surface area contributed by atoms with Gasteiger partial charge in [0.25, 0.3) is 5.91 Å². The van der Waals surface area contributed by atoms with E-state index in [-0.39, 0.29) is 5.91 Å². The topological polar surface area (TPSA) is 68.8 Å². The van der Waals surface area contributed by atoms with Gasteiger partial charge < -0.3 is 24.8 Å². The molecule has 1 unspecified atom stereocenters. The fourth-order valence-electron chi connectivity index (χ4n) is 1.29. The van der Waals surface area contributed by atoms with E-state index in [2.05, 4.69) is 10.6 Å². The Bertz CT molecular complexity index is 191. The molecule has 1 aliphatic rings. The van der Waals surface area contributed by atoms with Crippen LogP contribution in [0.2, 0.25) is 0 Å². The fraction of sp³-hybridized carbons (Fsp3) is 0.889. The number of ether oxygens (including phenoxy) is 3. The van der Waals surface area contributed by atoms with Crippen molar-refractivity contribution in [2.75, 3.05) is 40.5 Å². The Morgan fingerprint density at radius 3 is 2.87 bits per heavy atom. The van der Waals surface area contributed by atoms with Crippen molar-refractivity contribution in [1.29, 1.82) is 0 Å². The predicted octanol–water partition coefficient (Wildman–Crippen LogP) is -1.29. The molecule has 0 saturated carbocycles. The third-order valence-electron chi connectivity index (χ3n) is 2.19. The molecular formula is C9H18N2O4. The molecule has 1 rings (SSSR count). The lowest BCUT2D eigenvalue weighted by Gasteiger charge is -2.23. The summed E-state index contributed by atoms with van der Waals surface area (Å²) in [5, 5.41) is 5.78. The second-order valence-corrected chi connectivity index (χ2v) is 3.21. The van der Waals surface area contributed by atoms with Crippen LogP contribution in [0.5, 0.6) is 0 Å². The Morgan fingerprint density at radius 2 is 2.33 bits per heavy atom. The van der Waals surface area contributed by atoms with Crippen molar-refractivity contribution in [2.24, 2.45) is 0 Å². The number of morpholine rings is 1. The lowest BCUT2D eigenvalue weighted by atomic mass is 10.3. The largest absolute Gasteiger partial charge is 0.366 e. The van der Waals surface area contributed by atoms with E-state index >= 15 is 0 Å². The summed E-state index contributed by atoms with van der Waals surface area (Å²) in [5.74, 6) is -0.138. The maximum atomic E-state index is 11.5. The first-order valence-corrected chi connectivity index (χ1v) is 4.93. The first-order valence-electron chi connectivity index (χ1n) is 4.93. The van der Waals surface area contributed by atoms with E-state index in [4.69, 9.17) is 14.2 Å². The van der Waals surface area contributed by atoms with Crippen LogP contribution in [0, 0.1) is 0 Å². The van der Waals surface area contributed by atoms with Crippen LogP contribution >= 0.6 is 0 Å². The summed E-state index contributed by atoms with van der Waals surface area (Å²) >= 11 is 0. The van der Waals surface area contributed by atoms with Gasteiger partial charge in [0, 0.05) is 27.3 Å². The van der Waals surface area contributed by atoms with Gasteiger partial charge in [0.2, 0.25) is 0 Å². The zero-order chi connectivity index (χ0) is 11.1. The Hall–Kier alpha value is -0.690. The van der Waals surface area contributed by atoms with Crippen LogP contribution in [0.1, 0.15) is 0 Å². The average Bonchev–Trinajstić information content (AvgIpc) is 2.31. The number of hydrogen-bond acceptors (Lipinski definition) is 5. The quantitative estimate of drug-likeness (QED) is 0.562. The summed E-state index contributed by atoms with van der Waals surface area (Å²) in [6, 6.07) is 0. The monoisotopic (exact) mass is 218 g/mol. The molecule has 15 heavy (non-hydrogen) atoms. The van der Waals surface area contributed by atoms with Gasteiger partial charge in [0.05, 0.1) is 13.2 Å². The highest BCUT2D eigenvalue weighted by atomic mass is 16.7. The SMILES string of the molecule is COC(CNC(=O)C1CNCCO1)OC. The van der Waals surface area contributed by atoms with Crippen molar-refractivity contribution in [3.05, 3.63) is 0 Å². The molecule has 1 saturated heterocycles. The zero-order valence-corrected chi connectivity index (χ0v) is 9.12. The fourth-order valence-corrected chi connectivity index (χ4v) is 1.29. The van der Waals surface area contributed by atoms with Crippen LogP contribution < -0.4 is 10.6 Å². The van der Waals surface area contributed by atoms with Crippen LogP contribution in [-0.4, -0.2) is 58.8 Å². The van der Waals surface area contributed by atoms with Crippen molar-refractivity contribution in [2.45, 2.75) is 12.4 Å². The molecule has 2 N–H and O–H groups in total. The van der Waals surface area contributed by atoms with E-state index in [0.29, 0.717) is 19.7 Å². The summed E-state index contributed by atoms with van der Waals surface area (Å²) in [7, 11) is 3.05. The summed E-state index contributed by atoms with van der Waals surface area (Å²) in [4.78, 5) is 11.5. The van der Waals surface area contributed by atoms with E-state index in [1.807, 2.05) is 0 Å². The molecule has 0 bridgehead atoms. The normalized spacial score (nSPS) is 21.7. The molecule has 6 heteroatoms. The van der Waals surface area contributed by atoms with Gasteiger partial charge in [-0.15, -0.1) is 0 Å². The molecule has 0 aromatic heterocycles. The molecule has 1 heterocycles. The number of methoxy groups -OCH3 is 2. The third-order valence-corrected chi connectivity index (χ3v) is 2.19.